The Balaban J connectivity index is 3.05. The van der Waals surface area contributed by atoms with E-state index < -0.39 is 6.10 Å². The van der Waals surface area contributed by atoms with E-state index in [4.69, 9.17) is 5.73 Å². The summed E-state index contributed by atoms with van der Waals surface area (Å²) in [7, 11) is 0. The highest BCUT2D eigenvalue weighted by molar-refractivity contribution is 5.32. The van der Waals surface area contributed by atoms with Gasteiger partial charge in [-0.15, -0.1) is 0 Å². The first-order valence-electron chi connectivity index (χ1n) is 4.53. The van der Waals surface area contributed by atoms with Crippen molar-refractivity contribution in [2.75, 3.05) is 0 Å². The van der Waals surface area contributed by atoms with Gasteiger partial charge in [-0.2, -0.15) is 0 Å². The van der Waals surface area contributed by atoms with Crippen molar-refractivity contribution in [1.29, 1.82) is 0 Å². The average molecular weight is 179 g/mol. The minimum absolute atomic E-state index is 0.222. The molecule has 0 aliphatic carbocycles. The molecule has 2 nitrogen and oxygen atoms in total. The molecule has 0 saturated carbocycles. The monoisotopic (exact) mass is 179 g/mol. The van der Waals surface area contributed by atoms with Gasteiger partial charge in [-0.25, -0.2) is 0 Å². The van der Waals surface area contributed by atoms with Crippen LogP contribution in [0, 0.1) is 13.8 Å². The van der Waals surface area contributed by atoms with Crippen molar-refractivity contribution < 1.29 is 5.11 Å². The topological polar surface area (TPSA) is 46.2 Å². The van der Waals surface area contributed by atoms with Crippen LogP contribution in [0.4, 0.5) is 0 Å². The summed E-state index contributed by atoms with van der Waals surface area (Å²) < 4.78 is 0. The molecule has 1 aromatic carbocycles. The maximum atomic E-state index is 9.78. The van der Waals surface area contributed by atoms with Gasteiger partial charge in [0.1, 0.15) is 0 Å². The Morgan fingerprint density at radius 3 is 2.46 bits per heavy atom. The van der Waals surface area contributed by atoms with Crippen LogP contribution in [0.1, 0.15) is 29.7 Å². The Labute approximate surface area is 79.4 Å². The van der Waals surface area contributed by atoms with Gasteiger partial charge in [0.25, 0.3) is 0 Å². The average Bonchev–Trinajstić information content (AvgIpc) is 2.08. The molecule has 0 spiro atoms. The second kappa shape index (κ2) is 3.90. The maximum absolute atomic E-state index is 9.78. The standard InChI is InChI=1S/C11H17NO/c1-7-4-5-8(2)10(6-7)11(13)9(3)12/h4-6,9,11,13H,12H2,1-3H3/t9-,11-/m0/s1. The lowest BCUT2D eigenvalue weighted by Crippen LogP contribution is -2.25. The van der Waals surface area contributed by atoms with Crippen molar-refractivity contribution in [2.24, 2.45) is 5.73 Å². The van der Waals surface area contributed by atoms with Gasteiger partial charge in [-0.3, -0.25) is 0 Å². The first-order valence-corrected chi connectivity index (χ1v) is 4.53. The predicted octanol–water partition coefficient (Wildman–Crippen LogP) is 1.68. The van der Waals surface area contributed by atoms with E-state index in [1.807, 2.05) is 39.0 Å². The van der Waals surface area contributed by atoms with Gasteiger partial charge in [0.05, 0.1) is 6.10 Å². The third-order valence-electron chi connectivity index (χ3n) is 2.25. The fourth-order valence-corrected chi connectivity index (χ4v) is 1.36. The molecule has 0 saturated heterocycles. The lowest BCUT2D eigenvalue weighted by Gasteiger charge is -2.17. The predicted molar refractivity (Wildman–Crippen MR) is 54.5 cm³/mol. The van der Waals surface area contributed by atoms with E-state index in [0.29, 0.717) is 0 Å². The molecule has 0 aromatic heterocycles. The van der Waals surface area contributed by atoms with Crippen LogP contribution in [0.2, 0.25) is 0 Å². The molecule has 72 valence electrons. The zero-order valence-corrected chi connectivity index (χ0v) is 8.41. The third-order valence-corrected chi connectivity index (χ3v) is 2.25. The molecule has 0 heterocycles. The summed E-state index contributed by atoms with van der Waals surface area (Å²) in [5, 5.41) is 9.78. The van der Waals surface area contributed by atoms with E-state index in [0.717, 1.165) is 16.7 Å². The maximum Gasteiger partial charge on any atom is 0.0940 e. The fraction of sp³-hybridized carbons (Fsp3) is 0.455. The van der Waals surface area contributed by atoms with Crippen molar-refractivity contribution in [2.45, 2.75) is 32.9 Å². The van der Waals surface area contributed by atoms with E-state index >= 15 is 0 Å². The molecular weight excluding hydrogens is 162 g/mol. The highest BCUT2D eigenvalue weighted by Gasteiger charge is 2.14. The zero-order chi connectivity index (χ0) is 10.0. The van der Waals surface area contributed by atoms with Crippen LogP contribution >= 0.6 is 0 Å². The van der Waals surface area contributed by atoms with Gasteiger partial charge in [0.2, 0.25) is 0 Å². The minimum atomic E-state index is -0.556. The van der Waals surface area contributed by atoms with Crippen LogP contribution in [0.3, 0.4) is 0 Å². The van der Waals surface area contributed by atoms with Gasteiger partial charge in [-0.1, -0.05) is 23.8 Å². The van der Waals surface area contributed by atoms with Gasteiger partial charge in [0.15, 0.2) is 0 Å². The largest absolute Gasteiger partial charge is 0.387 e. The molecule has 0 amide bonds. The molecule has 13 heavy (non-hydrogen) atoms. The first kappa shape index (κ1) is 10.2. The summed E-state index contributed by atoms with van der Waals surface area (Å²) in [5.41, 5.74) is 8.82. The Morgan fingerprint density at radius 2 is 1.92 bits per heavy atom. The van der Waals surface area contributed by atoms with Gasteiger partial charge in [-0.05, 0) is 31.9 Å². The SMILES string of the molecule is Cc1ccc(C)c([C@@H](O)[C@H](C)N)c1. The molecule has 1 aromatic rings. The smallest absolute Gasteiger partial charge is 0.0940 e. The highest BCUT2D eigenvalue weighted by atomic mass is 16.3. The van der Waals surface area contributed by atoms with Gasteiger partial charge >= 0.3 is 0 Å². The second-order valence-electron chi connectivity index (χ2n) is 3.66. The number of nitrogens with two attached hydrogens (primary N) is 1. The van der Waals surface area contributed by atoms with Crippen LogP contribution < -0.4 is 5.73 Å². The van der Waals surface area contributed by atoms with Gasteiger partial charge in [0, 0.05) is 6.04 Å². The highest BCUT2D eigenvalue weighted by Crippen LogP contribution is 2.20. The molecule has 1 rings (SSSR count). The summed E-state index contributed by atoms with van der Waals surface area (Å²) in [5.74, 6) is 0. The molecule has 0 aliphatic heterocycles. The summed E-state index contributed by atoms with van der Waals surface area (Å²) in [6.07, 6.45) is -0.556. The molecule has 2 atom stereocenters. The van der Waals surface area contributed by atoms with Gasteiger partial charge < -0.3 is 10.8 Å². The minimum Gasteiger partial charge on any atom is -0.387 e. The number of aliphatic hydroxyl groups is 1. The van der Waals surface area contributed by atoms with Crippen molar-refractivity contribution in [3.8, 4) is 0 Å². The molecule has 3 N–H and O–H groups in total. The fourth-order valence-electron chi connectivity index (χ4n) is 1.36. The second-order valence-corrected chi connectivity index (χ2v) is 3.66. The lowest BCUT2D eigenvalue weighted by molar-refractivity contribution is 0.152. The van der Waals surface area contributed by atoms with E-state index in [1.54, 1.807) is 0 Å². The Morgan fingerprint density at radius 1 is 1.31 bits per heavy atom. The zero-order valence-electron chi connectivity index (χ0n) is 8.41. The third kappa shape index (κ3) is 2.29. The Kier molecular flexibility index (Phi) is 3.07. The molecule has 0 aliphatic rings. The molecule has 0 radical (unpaired) electrons. The number of aliphatic hydroxyl groups excluding tert-OH is 1. The van der Waals surface area contributed by atoms with E-state index in [1.165, 1.54) is 0 Å². The molecule has 0 bridgehead atoms. The van der Waals surface area contributed by atoms with Crippen molar-refractivity contribution in [1.82, 2.24) is 0 Å². The quantitative estimate of drug-likeness (QED) is 0.725. The summed E-state index contributed by atoms with van der Waals surface area (Å²) >= 11 is 0. The van der Waals surface area contributed by atoms with Crippen LogP contribution in [-0.2, 0) is 0 Å². The van der Waals surface area contributed by atoms with Crippen LogP contribution in [0.15, 0.2) is 18.2 Å². The number of hydrogen-bond donors (Lipinski definition) is 2. The molecule has 0 fully saturated rings. The van der Waals surface area contributed by atoms with Crippen molar-refractivity contribution in [3.05, 3.63) is 34.9 Å². The lowest BCUT2D eigenvalue weighted by atomic mass is 9.97. The van der Waals surface area contributed by atoms with Crippen molar-refractivity contribution >= 4 is 0 Å². The first-order chi connectivity index (χ1) is 6.02. The van der Waals surface area contributed by atoms with Crippen LogP contribution in [0.25, 0.3) is 0 Å². The van der Waals surface area contributed by atoms with Crippen LogP contribution in [0.5, 0.6) is 0 Å². The molecule has 2 heteroatoms. The summed E-state index contributed by atoms with van der Waals surface area (Å²) in [6, 6.07) is 5.81. The van der Waals surface area contributed by atoms with Crippen molar-refractivity contribution in [3.63, 3.8) is 0 Å². The van der Waals surface area contributed by atoms with E-state index in [9.17, 15) is 5.11 Å². The number of hydrogen-bond acceptors (Lipinski definition) is 2. The molecule has 0 unspecified atom stereocenters. The normalized spacial score (nSPS) is 15.5. The molecular formula is C11H17NO. The Bertz CT molecular complexity index is 294. The number of aryl methyl sites for hydroxylation is 2. The number of benzene rings is 1. The Hall–Kier alpha value is -0.860. The number of rotatable bonds is 2. The van der Waals surface area contributed by atoms with E-state index in [2.05, 4.69) is 0 Å². The summed E-state index contributed by atoms with van der Waals surface area (Å²) in [4.78, 5) is 0. The van der Waals surface area contributed by atoms with Crippen LogP contribution in [-0.4, -0.2) is 11.1 Å². The van der Waals surface area contributed by atoms with E-state index in [-0.39, 0.29) is 6.04 Å². The summed E-state index contributed by atoms with van der Waals surface area (Å²) in [6.45, 7) is 5.81.